The normalized spacial score (nSPS) is 12.3. The summed E-state index contributed by atoms with van der Waals surface area (Å²) >= 11 is 4.94. The zero-order valence-electron chi connectivity index (χ0n) is 22.4. The van der Waals surface area contributed by atoms with E-state index in [2.05, 4.69) is 26.6 Å². The molecule has 0 spiro atoms. The number of esters is 1. The van der Waals surface area contributed by atoms with Gasteiger partial charge in [0.2, 0.25) is 0 Å². The Hall–Kier alpha value is -3.96. The molecule has 0 radical (unpaired) electrons. The van der Waals surface area contributed by atoms with Crippen LogP contribution < -0.4 is 15.4 Å². The van der Waals surface area contributed by atoms with E-state index in [1.54, 1.807) is 23.0 Å². The molecule has 208 valence electrons. The van der Waals surface area contributed by atoms with Crippen LogP contribution in [0.15, 0.2) is 70.6 Å². The average molecular weight is 626 g/mol. The molecule has 2 atom stereocenters. The van der Waals surface area contributed by atoms with Crippen LogP contribution in [-0.2, 0) is 9.53 Å². The van der Waals surface area contributed by atoms with Crippen molar-refractivity contribution in [2.75, 3.05) is 19.5 Å². The highest BCUT2D eigenvalue weighted by Gasteiger charge is 2.28. The average Bonchev–Trinajstić information content (AvgIpc) is 3.62. The zero-order valence-corrected chi connectivity index (χ0v) is 24.8. The summed E-state index contributed by atoms with van der Waals surface area (Å²) in [6.45, 7) is 3.79. The smallest absolute Gasteiger partial charge is 0.328 e. The van der Waals surface area contributed by atoms with Gasteiger partial charge in [0.25, 0.3) is 11.8 Å². The maximum Gasteiger partial charge on any atom is 0.328 e. The predicted octanol–water partition coefficient (Wildman–Crippen LogP) is 5.94. The van der Waals surface area contributed by atoms with Gasteiger partial charge < -0.3 is 20.1 Å². The number of ether oxygens (including phenoxy) is 2. The fourth-order valence-electron chi connectivity index (χ4n) is 4.03. The van der Waals surface area contributed by atoms with Crippen molar-refractivity contribution in [3.63, 3.8) is 0 Å². The highest BCUT2D eigenvalue weighted by Crippen LogP contribution is 2.34. The number of hydrogen-bond acceptors (Lipinski definition) is 7. The van der Waals surface area contributed by atoms with Crippen LogP contribution in [0.1, 0.15) is 41.0 Å². The first-order valence-corrected chi connectivity index (χ1v) is 14.2. The second-order valence-electron chi connectivity index (χ2n) is 9.00. The molecule has 4 aromatic rings. The molecular formula is C29H29BrN4O5S. The van der Waals surface area contributed by atoms with Gasteiger partial charge in [0.15, 0.2) is 0 Å². The van der Waals surface area contributed by atoms with Gasteiger partial charge in [-0.15, -0.1) is 11.3 Å². The summed E-state index contributed by atoms with van der Waals surface area (Å²) in [6, 6.07) is 17.1. The maximum atomic E-state index is 13.7. The number of methoxy groups -OCH3 is 2. The first-order chi connectivity index (χ1) is 19.2. The molecule has 0 fully saturated rings. The van der Waals surface area contributed by atoms with Gasteiger partial charge in [0.1, 0.15) is 17.5 Å². The quantitative estimate of drug-likeness (QED) is 0.211. The maximum absolute atomic E-state index is 13.7. The Labute approximate surface area is 244 Å². The lowest BCUT2D eigenvalue weighted by Gasteiger charge is -2.22. The summed E-state index contributed by atoms with van der Waals surface area (Å²) < 4.78 is 12.9. The van der Waals surface area contributed by atoms with Crippen molar-refractivity contribution < 1.29 is 23.9 Å². The molecule has 2 aromatic heterocycles. The molecule has 11 heteroatoms. The minimum Gasteiger partial charge on any atom is -0.495 e. The number of benzene rings is 2. The number of halogens is 1. The van der Waals surface area contributed by atoms with Crippen LogP contribution in [-0.4, -0.2) is 47.8 Å². The number of nitrogens with one attached hydrogen (secondary N) is 2. The topological polar surface area (TPSA) is 112 Å². The molecule has 40 heavy (non-hydrogen) atoms. The highest BCUT2D eigenvalue weighted by atomic mass is 79.9. The number of nitrogens with zero attached hydrogens (tertiary/aromatic N) is 2. The number of hydrogen-bond donors (Lipinski definition) is 2. The van der Waals surface area contributed by atoms with Gasteiger partial charge in [-0.2, -0.15) is 5.10 Å². The third kappa shape index (κ3) is 6.43. The van der Waals surface area contributed by atoms with Gasteiger partial charge in [-0.1, -0.05) is 38.5 Å². The monoisotopic (exact) mass is 624 g/mol. The summed E-state index contributed by atoms with van der Waals surface area (Å²) in [5.74, 6) is -1.19. The van der Waals surface area contributed by atoms with Crippen LogP contribution >= 0.6 is 27.3 Å². The minimum atomic E-state index is -0.806. The fraction of sp³-hybridized carbons (Fsp3) is 0.241. The summed E-state index contributed by atoms with van der Waals surface area (Å²) in [5, 5.41) is 10.3. The molecule has 0 aliphatic rings. The van der Waals surface area contributed by atoms with Gasteiger partial charge >= 0.3 is 5.97 Å². The molecule has 2 aromatic carbocycles. The van der Waals surface area contributed by atoms with Crippen molar-refractivity contribution >= 4 is 50.7 Å². The van der Waals surface area contributed by atoms with Crippen LogP contribution in [0.25, 0.3) is 16.3 Å². The molecule has 0 saturated heterocycles. The lowest BCUT2D eigenvalue weighted by Crippen LogP contribution is -2.45. The molecule has 9 nitrogen and oxygen atoms in total. The summed E-state index contributed by atoms with van der Waals surface area (Å²) in [6.07, 6.45) is 2.34. The number of carbonyl (C=O) groups excluding carboxylic acids is 3. The van der Waals surface area contributed by atoms with Crippen LogP contribution in [0.4, 0.5) is 5.69 Å². The standard InChI is InChI=1S/C29H29BrN4O5S/c1-5-17(2)25(29(37)39-4)32-27(35)18-11-12-22(38-3)21(15-18)31-28(36)20-16-34(19-9-7-6-8-10-19)33-26(20)23-13-14-24(30)40-23/h6-17,25H,5H2,1-4H3,(H,31,36)(H,32,35)/t17-,25-/m0/s1. The van der Waals surface area contributed by atoms with E-state index in [4.69, 9.17) is 14.6 Å². The molecular weight excluding hydrogens is 596 g/mol. The zero-order chi connectivity index (χ0) is 28.8. The molecule has 0 aliphatic heterocycles. The van der Waals surface area contributed by atoms with Gasteiger partial charge in [-0.25, -0.2) is 9.48 Å². The second kappa shape index (κ2) is 12.9. The Morgan fingerprint density at radius 3 is 2.42 bits per heavy atom. The molecule has 0 saturated carbocycles. The Morgan fingerprint density at radius 2 is 1.80 bits per heavy atom. The molecule has 2 amide bonds. The van der Waals surface area contributed by atoms with E-state index >= 15 is 0 Å². The number of amides is 2. The minimum absolute atomic E-state index is 0.134. The molecule has 0 bridgehead atoms. The SMILES string of the molecule is CC[C@H](C)[C@H](NC(=O)c1ccc(OC)c(NC(=O)c2cn(-c3ccccc3)nc2-c2ccc(Br)s2)c1)C(=O)OC. The Kier molecular flexibility index (Phi) is 9.38. The van der Waals surface area contributed by atoms with E-state index in [0.29, 0.717) is 29.1 Å². The van der Waals surface area contributed by atoms with E-state index < -0.39 is 23.8 Å². The molecule has 0 unspecified atom stereocenters. The fourth-order valence-corrected chi connectivity index (χ4v) is 5.42. The summed E-state index contributed by atoms with van der Waals surface area (Å²) in [5.41, 5.74) is 2.20. The first-order valence-electron chi connectivity index (χ1n) is 12.5. The number of aromatic nitrogens is 2. The van der Waals surface area contributed by atoms with Crippen LogP contribution in [0.3, 0.4) is 0 Å². The van der Waals surface area contributed by atoms with E-state index in [9.17, 15) is 14.4 Å². The largest absolute Gasteiger partial charge is 0.495 e. The van der Waals surface area contributed by atoms with Crippen molar-refractivity contribution in [1.29, 1.82) is 0 Å². The highest BCUT2D eigenvalue weighted by molar-refractivity contribution is 9.11. The van der Waals surface area contributed by atoms with Crippen LogP contribution in [0.2, 0.25) is 0 Å². The van der Waals surface area contributed by atoms with E-state index in [1.165, 1.54) is 31.6 Å². The van der Waals surface area contributed by atoms with Crippen molar-refractivity contribution in [2.24, 2.45) is 5.92 Å². The predicted molar refractivity (Wildman–Crippen MR) is 158 cm³/mol. The molecule has 2 heterocycles. The van der Waals surface area contributed by atoms with E-state index in [-0.39, 0.29) is 11.5 Å². The molecule has 2 N–H and O–H groups in total. The lowest BCUT2D eigenvalue weighted by atomic mass is 9.98. The van der Waals surface area contributed by atoms with Gasteiger partial charge in [-0.05, 0) is 64.3 Å². The molecule has 4 rings (SSSR count). The third-order valence-electron chi connectivity index (χ3n) is 6.45. The molecule has 0 aliphatic carbocycles. The Morgan fingerprint density at radius 1 is 1.05 bits per heavy atom. The van der Waals surface area contributed by atoms with Gasteiger partial charge in [0.05, 0.1) is 39.8 Å². The number of rotatable bonds is 10. The second-order valence-corrected chi connectivity index (χ2v) is 11.5. The summed E-state index contributed by atoms with van der Waals surface area (Å²) in [7, 11) is 2.76. The van der Waals surface area contributed by atoms with E-state index in [1.807, 2.05) is 56.3 Å². The van der Waals surface area contributed by atoms with Gasteiger partial charge in [-0.3, -0.25) is 9.59 Å². The number of carbonyl (C=O) groups is 3. The van der Waals surface area contributed by atoms with Crippen molar-refractivity contribution in [3.05, 3.63) is 81.8 Å². The Balaban J connectivity index is 1.66. The van der Waals surface area contributed by atoms with Crippen LogP contribution in [0, 0.1) is 5.92 Å². The van der Waals surface area contributed by atoms with E-state index in [0.717, 1.165) is 14.4 Å². The summed E-state index contributed by atoms with van der Waals surface area (Å²) in [4.78, 5) is 39.9. The van der Waals surface area contributed by atoms with Gasteiger partial charge in [0, 0.05) is 11.8 Å². The number of thiophene rings is 1. The number of para-hydroxylation sites is 1. The van der Waals surface area contributed by atoms with Crippen LogP contribution in [0.5, 0.6) is 5.75 Å². The first kappa shape index (κ1) is 29.0. The third-order valence-corrected chi connectivity index (χ3v) is 8.08. The number of anilines is 1. The van der Waals surface area contributed by atoms with Crippen molar-refractivity contribution in [3.8, 4) is 22.0 Å². The van der Waals surface area contributed by atoms with Crippen molar-refractivity contribution in [1.82, 2.24) is 15.1 Å². The lowest BCUT2D eigenvalue weighted by molar-refractivity contribution is -0.144. The Bertz CT molecular complexity index is 1520. The van der Waals surface area contributed by atoms with Crippen molar-refractivity contribution in [2.45, 2.75) is 26.3 Å².